The van der Waals surface area contributed by atoms with Crippen LogP contribution in [0.1, 0.15) is 12.5 Å². The maximum atomic E-state index is 13.4. The molecule has 0 aliphatic rings. The first-order valence-corrected chi connectivity index (χ1v) is 5.02. The van der Waals surface area contributed by atoms with Gasteiger partial charge in [0.2, 0.25) is 5.95 Å². The van der Waals surface area contributed by atoms with Gasteiger partial charge in [-0.05, 0) is 12.5 Å². The van der Waals surface area contributed by atoms with Crippen LogP contribution in [-0.2, 0) is 6.42 Å². The fourth-order valence-corrected chi connectivity index (χ4v) is 1.50. The number of benzene rings is 1. The lowest BCUT2D eigenvalue weighted by molar-refractivity contribution is 0.570. The highest BCUT2D eigenvalue weighted by Crippen LogP contribution is 2.18. The number of aryl methyl sites for hydroxylation is 1. The molecule has 0 aliphatic heterocycles. The Bertz CT molecular complexity index is 451. The lowest BCUT2D eigenvalue weighted by Crippen LogP contribution is -1.93. The summed E-state index contributed by atoms with van der Waals surface area (Å²) in [5, 5.41) is 0. The Hall–Kier alpha value is -1.70. The first-order valence-electron chi connectivity index (χ1n) is 5.02. The summed E-state index contributed by atoms with van der Waals surface area (Å²) in [5.74, 6) is -0.362. The summed E-state index contributed by atoms with van der Waals surface area (Å²) in [4.78, 5) is 3.95. The highest BCUT2D eigenvalue weighted by Gasteiger charge is 2.04. The monoisotopic (exact) mass is 201 g/mol. The molecule has 1 heterocycles. The van der Waals surface area contributed by atoms with Gasteiger partial charge in [0.05, 0.1) is 5.69 Å². The molecular formula is C13H12FN. The first-order chi connectivity index (χ1) is 7.31. The molecule has 2 rings (SSSR count). The predicted molar refractivity (Wildman–Crippen MR) is 59.0 cm³/mol. The Labute approximate surface area is 88.6 Å². The van der Waals surface area contributed by atoms with E-state index in [0.29, 0.717) is 17.7 Å². The summed E-state index contributed by atoms with van der Waals surface area (Å²) in [6.07, 6.45) is 0.675. The molecule has 0 saturated carbocycles. The Morgan fingerprint density at radius 1 is 1.07 bits per heavy atom. The zero-order chi connectivity index (χ0) is 10.7. The van der Waals surface area contributed by atoms with Gasteiger partial charge in [-0.3, -0.25) is 0 Å². The number of rotatable bonds is 2. The van der Waals surface area contributed by atoms with E-state index in [1.165, 1.54) is 0 Å². The van der Waals surface area contributed by atoms with Crippen molar-refractivity contribution in [1.82, 2.24) is 4.98 Å². The van der Waals surface area contributed by atoms with Gasteiger partial charge < -0.3 is 0 Å². The third-order valence-electron chi connectivity index (χ3n) is 2.38. The summed E-state index contributed by atoms with van der Waals surface area (Å²) in [5.41, 5.74) is 2.29. The molecule has 0 fully saturated rings. The van der Waals surface area contributed by atoms with Crippen LogP contribution < -0.4 is 0 Å². The van der Waals surface area contributed by atoms with Crippen LogP contribution in [0.4, 0.5) is 4.39 Å². The molecule has 2 aromatic rings. The van der Waals surface area contributed by atoms with Crippen molar-refractivity contribution in [2.24, 2.45) is 0 Å². The molecule has 0 N–H and O–H groups in total. The van der Waals surface area contributed by atoms with Gasteiger partial charge in [0.15, 0.2) is 0 Å². The molecule has 0 spiro atoms. The molecule has 76 valence electrons. The topological polar surface area (TPSA) is 12.9 Å². The quantitative estimate of drug-likeness (QED) is 0.678. The molecule has 1 aromatic heterocycles. The van der Waals surface area contributed by atoms with Crippen LogP contribution in [0, 0.1) is 5.95 Å². The number of halogens is 1. The highest BCUT2D eigenvalue weighted by molar-refractivity contribution is 5.58. The number of hydrogen-bond acceptors (Lipinski definition) is 1. The van der Waals surface area contributed by atoms with Crippen LogP contribution in [0.15, 0.2) is 42.5 Å². The normalized spacial score (nSPS) is 10.3. The zero-order valence-corrected chi connectivity index (χ0v) is 8.57. The molecule has 0 aliphatic carbocycles. The van der Waals surface area contributed by atoms with Crippen LogP contribution >= 0.6 is 0 Å². The van der Waals surface area contributed by atoms with Crippen molar-refractivity contribution in [2.75, 3.05) is 0 Å². The smallest absolute Gasteiger partial charge is 0.216 e. The Balaban J connectivity index is 2.43. The second kappa shape index (κ2) is 4.22. The SMILES string of the molecule is CCc1ccc(-c2ccccc2)nc1F. The maximum absolute atomic E-state index is 13.4. The van der Waals surface area contributed by atoms with Gasteiger partial charge in [0, 0.05) is 11.1 Å². The van der Waals surface area contributed by atoms with Gasteiger partial charge in [0.1, 0.15) is 0 Å². The van der Waals surface area contributed by atoms with Crippen molar-refractivity contribution in [1.29, 1.82) is 0 Å². The molecule has 15 heavy (non-hydrogen) atoms. The second-order valence-electron chi connectivity index (χ2n) is 3.37. The molecule has 0 unspecified atom stereocenters. The lowest BCUT2D eigenvalue weighted by Gasteiger charge is -2.03. The summed E-state index contributed by atoms with van der Waals surface area (Å²) >= 11 is 0. The minimum absolute atomic E-state index is 0.362. The van der Waals surface area contributed by atoms with E-state index in [1.54, 1.807) is 6.07 Å². The average molecular weight is 201 g/mol. The molecular weight excluding hydrogens is 189 g/mol. The highest BCUT2D eigenvalue weighted by atomic mass is 19.1. The zero-order valence-electron chi connectivity index (χ0n) is 8.57. The van der Waals surface area contributed by atoms with Crippen LogP contribution in [-0.4, -0.2) is 4.98 Å². The number of aromatic nitrogens is 1. The molecule has 0 atom stereocenters. The minimum atomic E-state index is -0.362. The molecule has 0 amide bonds. The Kier molecular flexibility index (Phi) is 2.77. The van der Waals surface area contributed by atoms with Gasteiger partial charge >= 0.3 is 0 Å². The predicted octanol–water partition coefficient (Wildman–Crippen LogP) is 3.45. The fourth-order valence-electron chi connectivity index (χ4n) is 1.50. The Morgan fingerprint density at radius 2 is 1.80 bits per heavy atom. The third kappa shape index (κ3) is 2.04. The van der Waals surface area contributed by atoms with E-state index >= 15 is 0 Å². The van der Waals surface area contributed by atoms with E-state index in [1.807, 2.05) is 43.3 Å². The summed E-state index contributed by atoms with van der Waals surface area (Å²) in [7, 11) is 0. The lowest BCUT2D eigenvalue weighted by atomic mass is 10.1. The van der Waals surface area contributed by atoms with Crippen molar-refractivity contribution in [3.05, 3.63) is 54.0 Å². The number of pyridine rings is 1. The molecule has 0 saturated heterocycles. The summed E-state index contributed by atoms with van der Waals surface area (Å²) in [6, 6.07) is 13.3. The van der Waals surface area contributed by atoms with Crippen molar-refractivity contribution < 1.29 is 4.39 Å². The average Bonchev–Trinajstić information content (AvgIpc) is 2.30. The molecule has 2 heteroatoms. The molecule has 1 aromatic carbocycles. The van der Waals surface area contributed by atoms with Gasteiger partial charge in [0.25, 0.3) is 0 Å². The van der Waals surface area contributed by atoms with E-state index in [0.717, 1.165) is 5.56 Å². The van der Waals surface area contributed by atoms with E-state index < -0.39 is 0 Å². The van der Waals surface area contributed by atoms with Gasteiger partial charge in [-0.2, -0.15) is 4.39 Å². The Morgan fingerprint density at radius 3 is 2.40 bits per heavy atom. The van der Waals surface area contributed by atoms with Crippen molar-refractivity contribution in [2.45, 2.75) is 13.3 Å². The van der Waals surface area contributed by atoms with Crippen LogP contribution in [0.3, 0.4) is 0 Å². The van der Waals surface area contributed by atoms with Crippen molar-refractivity contribution >= 4 is 0 Å². The van der Waals surface area contributed by atoms with Crippen LogP contribution in [0.5, 0.6) is 0 Å². The fraction of sp³-hybridized carbons (Fsp3) is 0.154. The first kappa shape index (κ1) is 9.84. The van der Waals surface area contributed by atoms with Crippen LogP contribution in [0.25, 0.3) is 11.3 Å². The van der Waals surface area contributed by atoms with E-state index in [2.05, 4.69) is 4.98 Å². The number of hydrogen-bond donors (Lipinski definition) is 0. The maximum Gasteiger partial charge on any atom is 0.216 e. The minimum Gasteiger partial charge on any atom is -0.219 e. The third-order valence-corrected chi connectivity index (χ3v) is 2.38. The van der Waals surface area contributed by atoms with Gasteiger partial charge in [-0.15, -0.1) is 0 Å². The largest absolute Gasteiger partial charge is 0.219 e. The van der Waals surface area contributed by atoms with E-state index in [-0.39, 0.29) is 5.95 Å². The standard InChI is InChI=1S/C13H12FN/c1-2-10-8-9-12(15-13(10)14)11-6-4-3-5-7-11/h3-9H,2H2,1H3. The van der Waals surface area contributed by atoms with Crippen molar-refractivity contribution in [3.63, 3.8) is 0 Å². The summed E-state index contributed by atoms with van der Waals surface area (Å²) in [6.45, 7) is 1.92. The number of nitrogens with zero attached hydrogens (tertiary/aromatic N) is 1. The molecule has 0 bridgehead atoms. The van der Waals surface area contributed by atoms with Crippen LogP contribution in [0.2, 0.25) is 0 Å². The van der Waals surface area contributed by atoms with Crippen molar-refractivity contribution in [3.8, 4) is 11.3 Å². The summed E-state index contributed by atoms with van der Waals surface area (Å²) < 4.78 is 13.4. The van der Waals surface area contributed by atoms with E-state index in [4.69, 9.17) is 0 Å². The molecule has 0 radical (unpaired) electrons. The molecule has 1 nitrogen and oxygen atoms in total. The second-order valence-corrected chi connectivity index (χ2v) is 3.37. The van der Waals surface area contributed by atoms with E-state index in [9.17, 15) is 4.39 Å². The van der Waals surface area contributed by atoms with Gasteiger partial charge in [-0.1, -0.05) is 43.3 Å². The van der Waals surface area contributed by atoms with Gasteiger partial charge in [-0.25, -0.2) is 4.98 Å².